The molecular formula is C12H15N3S. The summed E-state index contributed by atoms with van der Waals surface area (Å²) in [6.07, 6.45) is 0. The van der Waals surface area contributed by atoms with Gasteiger partial charge < -0.3 is 10.2 Å². The van der Waals surface area contributed by atoms with Gasteiger partial charge in [-0.2, -0.15) is 0 Å². The molecule has 0 spiro atoms. The van der Waals surface area contributed by atoms with E-state index < -0.39 is 0 Å². The van der Waals surface area contributed by atoms with Gasteiger partial charge in [0.15, 0.2) is 0 Å². The second kappa shape index (κ2) is 4.03. The summed E-state index contributed by atoms with van der Waals surface area (Å²) in [6.45, 7) is 6.43. The Morgan fingerprint density at radius 3 is 2.94 bits per heavy atom. The Kier molecular flexibility index (Phi) is 2.53. The van der Waals surface area contributed by atoms with Crippen LogP contribution >= 0.6 is 11.3 Å². The second-order valence-corrected chi connectivity index (χ2v) is 5.36. The van der Waals surface area contributed by atoms with E-state index in [1.807, 2.05) is 0 Å². The Hall–Kier alpha value is -1.13. The largest absolute Gasteiger partial charge is 0.369 e. The average molecular weight is 233 g/mol. The molecule has 2 aromatic rings. The standard InChI is InChI=1S/C12H15N3S/c1-9-14-11-3-2-10(8-12(11)16-9)15-6-4-13-5-7-15/h2-3,8,13H,4-7H2,1H3. The smallest absolute Gasteiger partial charge is 0.0907 e. The van der Waals surface area contributed by atoms with Gasteiger partial charge in [-0.05, 0) is 25.1 Å². The van der Waals surface area contributed by atoms with Crippen LogP contribution in [-0.2, 0) is 0 Å². The number of hydrogen-bond acceptors (Lipinski definition) is 4. The first-order chi connectivity index (χ1) is 7.83. The molecule has 1 aromatic heterocycles. The van der Waals surface area contributed by atoms with E-state index in [2.05, 4.69) is 40.3 Å². The predicted octanol–water partition coefficient (Wildman–Crippen LogP) is 2.01. The third-order valence-electron chi connectivity index (χ3n) is 2.96. The van der Waals surface area contributed by atoms with E-state index in [-0.39, 0.29) is 0 Å². The van der Waals surface area contributed by atoms with Crippen LogP contribution in [0.15, 0.2) is 18.2 Å². The second-order valence-electron chi connectivity index (χ2n) is 4.12. The Bertz CT molecular complexity index is 500. The van der Waals surface area contributed by atoms with Gasteiger partial charge >= 0.3 is 0 Å². The van der Waals surface area contributed by atoms with E-state index in [9.17, 15) is 0 Å². The predicted molar refractivity (Wildman–Crippen MR) is 69.4 cm³/mol. The highest BCUT2D eigenvalue weighted by Crippen LogP contribution is 2.26. The van der Waals surface area contributed by atoms with Crippen LogP contribution < -0.4 is 10.2 Å². The van der Waals surface area contributed by atoms with E-state index >= 15 is 0 Å². The van der Waals surface area contributed by atoms with Gasteiger partial charge in [0.25, 0.3) is 0 Å². The van der Waals surface area contributed by atoms with Gasteiger partial charge in [0.05, 0.1) is 15.2 Å². The fourth-order valence-electron chi connectivity index (χ4n) is 2.15. The highest BCUT2D eigenvalue weighted by atomic mass is 32.1. The minimum absolute atomic E-state index is 1.08. The summed E-state index contributed by atoms with van der Waals surface area (Å²) >= 11 is 1.78. The molecule has 1 saturated heterocycles. The van der Waals surface area contributed by atoms with Gasteiger partial charge in [-0.25, -0.2) is 4.98 Å². The maximum atomic E-state index is 4.49. The van der Waals surface area contributed by atoms with Crippen LogP contribution in [-0.4, -0.2) is 31.2 Å². The number of rotatable bonds is 1. The van der Waals surface area contributed by atoms with Crippen molar-refractivity contribution < 1.29 is 0 Å². The third kappa shape index (κ3) is 1.79. The van der Waals surface area contributed by atoms with Crippen molar-refractivity contribution >= 4 is 27.2 Å². The number of fused-ring (bicyclic) bond motifs is 1. The minimum atomic E-state index is 1.08. The van der Waals surface area contributed by atoms with Gasteiger partial charge in [-0.15, -0.1) is 11.3 Å². The highest BCUT2D eigenvalue weighted by Gasteiger charge is 2.11. The zero-order valence-corrected chi connectivity index (χ0v) is 10.2. The van der Waals surface area contributed by atoms with Gasteiger partial charge in [0.2, 0.25) is 0 Å². The quantitative estimate of drug-likeness (QED) is 0.816. The lowest BCUT2D eigenvalue weighted by Gasteiger charge is -2.29. The molecule has 0 aliphatic carbocycles. The van der Waals surface area contributed by atoms with Crippen LogP contribution in [0.3, 0.4) is 0 Å². The molecule has 0 saturated carbocycles. The molecule has 4 heteroatoms. The molecule has 0 radical (unpaired) electrons. The number of piperazine rings is 1. The van der Waals surface area contributed by atoms with Crippen molar-refractivity contribution in [3.05, 3.63) is 23.2 Å². The molecule has 16 heavy (non-hydrogen) atoms. The first-order valence-electron chi connectivity index (χ1n) is 5.66. The number of aromatic nitrogens is 1. The molecule has 0 atom stereocenters. The summed E-state index contributed by atoms with van der Waals surface area (Å²) in [7, 11) is 0. The van der Waals surface area contributed by atoms with E-state index in [1.54, 1.807) is 11.3 Å². The molecule has 1 fully saturated rings. The van der Waals surface area contributed by atoms with Crippen LogP contribution in [0.4, 0.5) is 5.69 Å². The van der Waals surface area contributed by atoms with E-state index in [4.69, 9.17) is 0 Å². The molecule has 0 bridgehead atoms. The molecule has 0 unspecified atom stereocenters. The van der Waals surface area contributed by atoms with Crippen LogP contribution in [0.1, 0.15) is 5.01 Å². The van der Waals surface area contributed by atoms with Gasteiger partial charge in [-0.1, -0.05) is 0 Å². The van der Waals surface area contributed by atoms with Crippen molar-refractivity contribution in [1.82, 2.24) is 10.3 Å². The molecule has 2 heterocycles. The van der Waals surface area contributed by atoms with E-state index in [1.165, 1.54) is 10.4 Å². The molecule has 3 nitrogen and oxygen atoms in total. The summed E-state index contributed by atoms with van der Waals surface area (Å²) in [5.41, 5.74) is 2.46. The Morgan fingerprint density at radius 1 is 1.31 bits per heavy atom. The van der Waals surface area contributed by atoms with Gasteiger partial charge in [0, 0.05) is 31.9 Å². The normalized spacial score (nSPS) is 16.9. The molecule has 1 aliphatic rings. The fourth-order valence-corrected chi connectivity index (χ4v) is 3.01. The van der Waals surface area contributed by atoms with Crippen molar-refractivity contribution in [2.24, 2.45) is 0 Å². The van der Waals surface area contributed by atoms with Gasteiger partial charge in [-0.3, -0.25) is 0 Å². The number of benzene rings is 1. The number of aryl methyl sites for hydroxylation is 1. The summed E-state index contributed by atoms with van der Waals surface area (Å²) in [6, 6.07) is 6.59. The molecule has 84 valence electrons. The van der Waals surface area contributed by atoms with Crippen molar-refractivity contribution in [2.45, 2.75) is 6.92 Å². The lowest BCUT2D eigenvalue weighted by molar-refractivity contribution is 0.589. The van der Waals surface area contributed by atoms with E-state index in [0.717, 1.165) is 36.7 Å². The number of nitrogens with zero attached hydrogens (tertiary/aromatic N) is 2. The summed E-state index contributed by atoms with van der Waals surface area (Å²) in [4.78, 5) is 6.92. The zero-order chi connectivity index (χ0) is 11.0. The average Bonchev–Trinajstić information content (AvgIpc) is 2.69. The number of nitrogens with one attached hydrogen (secondary N) is 1. The molecule has 3 rings (SSSR count). The third-order valence-corrected chi connectivity index (χ3v) is 3.89. The van der Waals surface area contributed by atoms with Crippen LogP contribution in [0.25, 0.3) is 10.2 Å². The van der Waals surface area contributed by atoms with Crippen LogP contribution in [0, 0.1) is 6.92 Å². The topological polar surface area (TPSA) is 28.2 Å². The number of hydrogen-bond donors (Lipinski definition) is 1. The summed E-state index contributed by atoms with van der Waals surface area (Å²) in [5.74, 6) is 0. The highest BCUT2D eigenvalue weighted by molar-refractivity contribution is 7.18. The number of thiazole rings is 1. The zero-order valence-electron chi connectivity index (χ0n) is 9.36. The van der Waals surface area contributed by atoms with Crippen molar-refractivity contribution in [1.29, 1.82) is 0 Å². The lowest BCUT2D eigenvalue weighted by Crippen LogP contribution is -2.43. The molecular weight excluding hydrogens is 218 g/mol. The Balaban J connectivity index is 1.97. The minimum Gasteiger partial charge on any atom is -0.369 e. The van der Waals surface area contributed by atoms with Crippen molar-refractivity contribution in [3.63, 3.8) is 0 Å². The number of anilines is 1. The maximum absolute atomic E-state index is 4.49. The SMILES string of the molecule is Cc1nc2ccc(N3CCNCC3)cc2s1. The first-order valence-corrected chi connectivity index (χ1v) is 6.47. The van der Waals surface area contributed by atoms with Gasteiger partial charge in [0.1, 0.15) is 0 Å². The summed E-state index contributed by atoms with van der Waals surface area (Å²) < 4.78 is 1.30. The molecule has 1 aromatic carbocycles. The molecule has 0 amide bonds. The molecule has 1 aliphatic heterocycles. The Labute approximate surface area is 99.1 Å². The van der Waals surface area contributed by atoms with E-state index in [0.29, 0.717) is 0 Å². The summed E-state index contributed by atoms with van der Waals surface area (Å²) in [5, 5.41) is 4.52. The molecule has 1 N–H and O–H groups in total. The Morgan fingerprint density at radius 2 is 2.12 bits per heavy atom. The first kappa shape index (κ1) is 10.1. The van der Waals surface area contributed by atoms with Crippen LogP contribution in [0.2, 0.25) is 0 Å². The maximum Gasteiger partial charge on any atom is 0.0907 e. The monoisotopic (exact) mass is 233 g/mol. The van der Waals surface area contributed by atoms with Crippen LogP contribution in [0.5, 0.6) is 0 Å². The lowest BCUT2D eigenvalue weighted by atomic mass is 10.2. The van der Waals surface area contributed by atoms with Crippen molar-refractivity contribution in [2.75, 3.05) is 31.1 Å². The van der Waals surface area contributed by atoms with Crippen molar-refractivity contribution in [3.8, 4) is 0 Å². The fraction of sp³-hybridized carbons (Fsp3) is 0.417.